The highest BCUT2D eigenvalue weighted by molar-refractivity contribution is 7.09. The highest BCUT2D eigenvalue weighted by atomic mass is 32.1. The monoisotopic (exact) mass is 211 g/mol. The van der Waals surface area contributed by atoms with Gasteiger partial charge in [-0.15, -0.1) is 11.3 Å². The van der Waals surface area contributed by atoms with E-state index in [1.165, 1.54) is 30.8 Å². The summed E-state index contributed by atoms with van der Waals surface area (Å²) in [5.74, 6) is 0. The fourth-order valence-electron chi connectivity index (χ4n) is 1.98. The molecule has 0 aromatic carbocycles. The first-order chi connectivity index (χ1) is 6.88. The number of likely N-dealkylation sites (tertiary alicyclic amines) is 1. The predicted molar refractivity (Wildman–Crippen MR) is 59.5 cm³/mol. The van der Waals surface area contributed by atoms with Crippen LogP contribution in [0.25, 0.3) is 0 Å². The van der Waals surface area contributed by atoms with Crippen LogP contribution in [0.5, 0.6) is 0 Å². The third-order valence-electron chi connectivity index (χ3n) is 2.78. The van der Waals surface area contributed by atoms with Crippen LogP contribution in [0.2, 0.25) is 0 Å². The van der Waals surface area contributed by atoms with Gasteiger partial charge in [0.05, 0.1) is 5.51 Å². The number of thiazole rings is 1. The van der Waals surface area contributed by atoms with Crippen LogP contribution >= 0.6 is 11.3 Å². The van der Waals surface area contributed by atoms with Crippen LogP contribution in [-0.2, 0) is 6.54 Å². The van der Waals surface area contributed by atoms with Crippen molar-refractivity contribution in [2.45, 2.75) is 25.4 Å². The van der Waals surface area contributed by atoms with Crippen molar-refractivity contribution in [2.75, 3.05) is 20.1 Å². The van der Waals surface area contributed by atoms with Gasteiger partial charge in [0.2, 0.25) is 0 Å². The maximum absolute atomic E-state index is 4.10. The molecule has 0 amide bonds. The Bertz CT molecular complexity index is 260. The van der Waals surface area contributed by atoms with E-state index in [0.29, 0.717) is 6.04 Å². The zero-order chi connectivity index (χ0) is 9.80. The van der Waals surface area contributed by atoms with Gasteiger partial charge in [-0.1, -0.05) is 0 Å². The maximum atomic E-state index is 4.10. The van der Waals surface area contributed by atoms with Crippen molar-refractivity contribution in [3.05, 3.63) is 16.6 Å². The number of hydrogen-bond donors (Lipinski definition) is 1. The van der Waals surface area contributed by atoms with E-state index < -0.39 is 0 Å². The normalized spacial score (nSPS) is 23.9. The average Bonchev–Trinajstić information content (AvgIpc) is 2.71. The summed E-state index contributed by atoms with van der Waals surface area (Å²) in [6.07, 6.45) is 4.60. The van der Waals surface area contributed by atoms with Gasteiger partial charge in [0, 0.05) is 30.2 Å². The van der Waals surface area contributed by atoms with E-state index in [0.717, 1.165) is 6.54 Å². The lowest BCUT2D eigenvalue weighted by Crippen LogP contribution is -2.43. The molecule has 1 aromatic rings. The molecule has 0 unspecified atom stereocenters. The van der Waals surface area contributed by atoms with Gasteiger partial charge in [-0.2, -0.15) is 0 Å². The Morgan fingerprint density at radius 2 is 2.64 bits per heavy atom. The van der Waals surface area contributed by atoms with Gasteiger partial charge in [0.1, 0.15) is 0 Å². The Kier molecular flexibility index (Phi) is 3.50. The number of rotatable bonds is 3. The Morgan fingerprint density at radius 3 is 3.36 bits per heavy atom. The minimum atomic E-state index is 0.677. The van der Waals surface area contributed by atoms with Crippen LogP contribution in [0, 0.1) is 0 Å². The third-order valence-corrected chi connectivity index (χ3v) is 3.54. The molecule has 3 nitrogen and oxygen atoms in total. The molecule has 1 fully saturated rings. The van der Waals surface area contributed by atoms with Crippen molar-refractivity contribution in [3.8, 4) is 0 Å². The van der Waals surface area contributed by atoms with Crippen LogP contribution < -0.4 is 5.32 Å². The molecule has 1 aliphatic heterocycles. The molecule has 0 radical (unpaired) electrons. The molecule has 4 heteroatoms. The van der Waals surface area contributed by atoms with Crippen LogP contribution in [0.3, 0.4) is 0 Å². The van der Waals surface area contributed by atoms with E-state index in [9.17, 15) is 0 Å². The van der Waals surface area contributed by atoms with Gasteiger partial charge in [0.15, 0.2) is 0 Å². The van der Waals surface area contributed by atoms with E-state index in [1.54, 1.807) is 11.3 Å². The number of likely N-dealkylation sites (N-methyl/N-ethyl adjacent to an activating group) is 1. The molecule has 2 heterocycles. The Hall–Kier alpha value is -0.450. The Balaban J connectivity index is 1.86. The van der Waals surface area contributed by atoms with Crippen LogP contribution in [0.1, 0.15) is 17.7 Å². The smallest absolute Gasteiger partial charge is 0.0794 e. The standard InChI is InChI=1S/C10H17N3S/c1-11-9-3-2-4-13(6-9)7-10-5-12-8-14-10/h5,8-9,11H,2-4,6-7H2,1H3/t9-/m0/s1. The summed E-state index contributed by atoms with van der Waals surface area (Å²) < 4.78 is 0. The fourth-order valence-corrected chi connectivity index (χ4v) is 2.61. The molecule has 1 aliphatic rings. The zero-order valence-electron chi connectivity index (χ0n) is 8.57. The molecule has 2 rings (SSSR count). The Morgan fingerprint density at radius 1 is 1.71 bits per heavy atom. The molecule has 1 N–H and O–H groups in total. The molecule has 0 saturated carbocycles. The molecule has 0 spiro atoms. The lowest BCUT2D eigenvalue weighted by molar-refractivity contribution is 0.189. The lowest BCUT2D eigenvalue weighted by Gasteiger charge is -2.31. The van der Waals surface area contributed by atoms with E-state index in [1.807, 2.05) is 11.7 Å². The van der Waals surface area contributed by atoms with Crippen LogP contribution in [-0.4, -0.2) is 36.1 Å². The second-order valence-corrected chi connectivity index (χ2v) is 4.80. The molecule has 0 aliphatic carbocycles. The molecule has 1 atom stereocenters. The van der Waals surface area contributed by atoms with E-state index in [-0.39, 0.29) is 0 Å². The first-order valence-electron chi connectivity index (χ1n) is 5.15. The first-order valence-corrected chi connectivity index (χ1v) is 6.03. The van der Waals surface area contributed by atoms with Gasteiger partial charge in [-0.25, -0.2) is 0 Å². The summed E-state index contributed by atoms with van der Waals surface area (Å²) in [5.41, 5.74) is 1.91. The van der Waals surface area contributed by atoms with Crippen molar-refractivity contribution in [1.29, 1.82) is 0 Å². The van der Waals surface area contributed by atoms with Gasteiger partial charge in [0.25, 0.3) is 0 Å². The minimum absolute atomic E-state index is 0.677. The predicted octanol–water partition coefficient (Wildman–Crippen LogP) is 1.33. The molecule has 1 saturated heterocycles. The summed E-state index contributed by atoms with van der Waals surface area (Å²) >= 11 is 1.75. The van der Waals surface area contributed by atoms with Gasteiger partial charge < -0.3 is 5.32 Å². The topological polar surface area (TPSA) is 28.2 Å². The third kappa shape index (κ3) is 2.53. The van der Waals surface area contributed by atoms with Crippen molar-refractivity contribution in [2.24, 2.45) is 0 Å². The van der Waals surface area contributed by atoms with Gasteiger partial charge in [-0.05, 0) is 26.4 Å². The van der Waals surface area contributed by atoms with Gasteiger partial charge >= 0.3 is 0 Å². The number of piperidine rings is 1. The van der Waals surface area contributed by atoms with Crippen molar-refractivity contribution >= 4 is 11.3 Å². The highest BCUT2D eigenvalue weighted by Crippen LogP contribution is 2.15. The van der Waals surface area contributed by atoms with Crippen LogP contribution in [0.4, 0.5) is 0 Å². The molecule has 1 aromatic heterocycles. The SMILES string of the molecule is CN[C@H]1CCCN(Cc2cncs2)C1. The summed E-state index contributed by atoms with van der Waals surface area (Å²) in [6.45, 7) is 3.48. The van der Waals surface area contributed by atoms with E-state index >= 15 is 0 Å². The maximum Gasteiger partial charge on any atom is 0.0794 e. The largest absolute Gasteiger partial charge is 0.316 e. The summed E-state index contributed by atoms with van der Waals surface area (Å²) in [7, 11) is 2.06. The van der Waals surface area contributed by atoms with Gasteiger partial charge in [-0.3, -0.25) is 9.88 Å². The number of hydrogen-bond acceptors (Lipinski definition) is 4. The Labute approximate surface area is 89.1 Å². The number of nitrogens with zero attached hydrogens (tertiary/aromatic N) is 2. The second-order valence-electron chi connectivity index (χ2n) is 3.83. The minimum Gasteiger partial charge on any atom is -0.316 e. The van der Waals surface area contributed by atoms with E-state index in [4.69, 9.17) is 0 Å². The molecular weight excluding hydrogens is 194 g/mol. The molecule has 0 bridgehead atoms. The molecule has 14 heavy (non-hydrogen) atoms. The summed E-state index contributed by atoms with van der Waals surface area (Å²) in [5, 5.41) is 3.36. The van der Waals surface area contributed by atoms with Crippen molar-refractivity contribution < 1.29 is 0 Å². The zero-order valence-corrected chi connectivity index (χ0v) is 9.39. The van der Waals surface area contributed by atoms with Crippen molar-refractivity contribution in [3.63, 3.8) is 0 Å². The van der Waals surface area contributed by atoms with E-state index in [2.05, 4.69) is 22.2 Å². The van der Waals surface area contributed by atoms with Crippen molar-refractivity contribution in [1.82, 2.24) is 15.2 Å². The summed E-state index contributed by atoms with van der Waals surface area (Å²) in [6, 6.07) is 0.677. The van der Waals surface area contributed by atoms with Crippen LogP contribution in [0.15, 0.2) is 11.7 Å². The summed E-state index contributed by atoms with van der Waals surface area (Å²) in [4.78, 5) is 7.99. The highest BCUT2D eigenvalue weighted by Gasteiger charge is 2.18. The lowest BCUT2D eigenvalue weighted by atomic mass is 10.1. The quantitative estimate of drug-likeness (QED) is 0.817. The molecular formula is C10H17N3S. The number of nitrogens with one attached hydrogen (secondary N) is 1. The average molecular weight is 211 g/mol. The second kappa shape index (κ2) is 4.87. The number of aromatic nitrogens is 1. The fraction of sp³-hybridized carbons (Fsp3) is 0.700. The first kappa shape index (κ1) is 10.1. The molecule has 78 valence electrons.